The molecule has 1 aliphatic rings. The van der Waals surface area contributed by atoms with Gasteiger partial charge in [-0.15, -0.1) is 0 Å². The van der Waals surface area contributed by atoms with E-state index in [-0.39, 0.29) is 23.3 Å². The number of aromatic nitrogens is 2. The van der Waals surface area contributed by atoms with Gasteiger partial charge < -0.3 is 25.8 Å². The molecule has 2 heterocycles. The Morgan fingerprint density at radius 1 is 1.26 bits per heavy atom. The van der Waals surface area contributed by atoms with Crippen LogP contribution < -0.4 is 25.8 Å². The zero-order valence-electron chi connectivity index (χ0n) is 18.6. The second-order valence-corrected chi connectivity index (χ2v) is 7.66. The zero-order chi connectivity index (χ0) is 24.9. The lowest BCUT2D eigenvalue weighted by atomic mass is 10.1. The highest BCUT2D eigenvalue weighted by Gasteiger charge is 2.31. The van der Waals surface area contributed by atoms with Crippen molar-refractivity contribution in [3.63, 3.8) is 0 Å². The first-order chi connectivity index (χ1) is 16.1. The quantitative estimate of drug-likeness (QED) is 0.479. The van der Waals surface area contributed by atoms with E-state index in [4.69, 9.17) is 15.2 Å². The first kappa shape index (κ1) is 25.0. The number of nitrogen functional groups attached to an aromatic ring is 1. The largest absolute Gasteiger partial charge is 0.481 e. The van der Waals surface area contributed by atoms with Crippen molar-refractivity contribution in [2.24, 2.45) is 0 Å². The maximum atomic E-state index is 12.9. The first-order valence-electron chi connectivity index (χ1n) is 10.3. The van der Waals surface area contributed by atoms with Crippen molar-refractivity contribution in [3.05, 3.63) is 41.1 Å². The lowest BCUT2D eigenvalue weighted by Crippen LogP contribution is -2.43. The fourth-order valence-electron chi connectivity index (χ4n) is 3.56. The Morgan fingerprint density at radius 2 is 2.03 bits per heavy atom. The van der Waals surface area contributed by atoms with Gasteiger partial charge in [-0.1, -0.05) is 0 Å². The number of carbonyl (C=O) groups excluding carboxylic acids is 2. The van der Waals surface area contributed by atoms with Gasteiger partial charge in [-0.2, -0.15) is 18.2 Å². The number of alkyl halides is 3. The second-order valence-electron chi connectivity index (χ2n) is 7.66. The minimum absolute atomic E-state index is 0.115. The first-order valence-corrected chi connectivity index (χ1v) is 10.3. The number of hydrogen-bond acceptors (Lipinski definition) is 8. The molecule has 2 aromatic rings. The van der Waals surface area contributed by atoms with E-state index in [2.05, 4.69) is 25.5 Å². The molecule has 0 aliphatic carbocycles. The standard InChI is InChI=1S/C21H25F3N6O4/c1-33-19-12(8-27-20(29-19)34-2)10-30-6-5-14(11-30)28-17(31)9-26-18(32)15-7-13(21(22,23)24)3-4-16(15)25/h3-4,7-8,14H,5-6,9-11,25H2,1-2H3,(H,26,32)(H,28,31). The van der Waals surface area contributed by atoms with Crippen LogP contribution in [0.25, 0.3) is 0 Å². The third-order valence-electron chi connectivity index (χ3n) is 5.24. The normalized spacial score (nSPS) is 16.2. The molecule has 1 unspecified atom stereocenters. The van der Waals surface area contributed by atoms with Gasteiger partial charge in [-0.3, -0.25) is 14.5 Å². The number of anilines is 1. The third kappa shape index (κ3) is 6.25. The van der Waals surface area contributed by atoms with E-state index >= 15 is 0 Å². The van der Waals surface area contributed by atoms with Gasteiger partial charge in [0.05, 0.1) is 31.9 Å². The van der Waals surface area contributed by atoms with Crippen LogP contribution in [0.2, 0.25) is 0 Å². The lowest BCUT2D eigenvalue weighted by molar-refractivity contribution is -0.137. The van der Waals surface area contributed by atoms with Gasteiger partial charge in [-0.05, 0) is 24.6 Å². The molecule has 34 heavy (non-hydrogen) atoms. The Hall–Kier alpha value is -3.61. The van der Waals surface area contributed by atoms with Crippen molar-refractivity contribution >= 4 is 17.5 Å². The third-order valence-corrected chi connectivity index (χ3v) is 5.24. The molecule has 184 valence electrons. The maximum Gasteiger partial charge on any atom is 0.416 e. The summed E-state index contributed by atoms with van der Waals surface area (Å²) in [5.74, 6) is -0.926. The van der Waals surface area contributed by atoms with E-state index in [9.17, 15) is 22.8 Å². The SMILES string of the molecule is COc1ncc(CN2CCC(NC(=O)CNC(=O)c3cc(C(F)(F)F)ccc3N)C2)c(OC)n1. The summed E-state index contributed by atoms with van der Waals surface area (Å²) in [7, 11) is 2.96. The van der Waals surface area contributed by atoms with E-state index in [1.165, 1.54) is 14.2 Å². The zero-order valence-corrected chi connectivity index (χ0v) is 18.6. The number of rotatable bonds is 8. The molecule has 13 heteroatoms. The fourth-order valence-corrected chi connectivity index (χ4v) is 3.56. The number of halogens is 3. The molecule has 0 saturated carbocycles. The summed E-state index contributed by atoms with van der Waals surface area (Å²) in [4.78, 5) is 34.9. The molecule has 1 aliphatic heterocycles. The van der Waals surface area contributed by atoms with Crippen LogP contribution in [0.3, 0.4) is 0 Å². The van der Waals surface area contributed by atoms with Crippen molar-refractivity contribution in [1.82, 2.24) is 25.5 Å². The highest BCUT2D eigenvalue weighted by atomic mass is 19.4. The summed E-state index contributed by atoms with van der Waals surface area (Å²) in [6.45, 7) is 1.36. The Balaban J connectivity index is 1.50. The van der Waals surface area contributed by atoms with Crippen LogP contribution in [0, 0.1) is 0 Å². The van der Waals surface area contributed by atoms with Crippen molar-refractivity contribution in [3.8, 4) is 11.9 Å². The van der Waals surface area contributed by atoms with Gasteiger partial charge >= 0.3 is 12.2 Å². The summed E-state index contributed by atoms with van der Waals surface area (Å²) < 4.78 is 48.9. The molecule has 0 spiro atoms. The molecule has 1 fully saturated rings. The number of likely N-dealkylation sites (tertiary alicyclic amines) is 1. The molecule has 1 aromatic heterocycles. The maximum absolute atomic E-state index is 12.9. The number of benzene rings is 1. The van der Waals surface area contributed by atoms with Crippen molar-refractivity contribution in [2.45, 2.75) is 25.2 Å². The van der Waals surface area contributed by atoms with Crippen LogP contribution in [0.5, 0.6) is 11.9 Å². The summed E-state index contributed by atoms with van der Waals surface area (Å²) >= 11 is 0. The van der Waals surface area contributed by atoms with E-state index < -0.39 is 30.1 Å². The number of nitrogens with zero attached hydrogens (tertiary/aromatic N) is 3. The van der Waals surface area contributed by atoms with E-state index in [0.717, 1.165) is 17.7 Å². The second kappa shape index (κ2) is 10.5. The number of carbonyl (C=O) groups is 2. The molecule has 1 aromatic carbocycles. The Bertz CT molecular complexity index is 1050. The summed E-state index contributed by atoms with van der Waals surface area (Å²) in [6, 6.07) is 2.50. The molecule has 1 atom stereocenters. The summed E-state index contributed by atoms with van der Waals surface area (Å²) in [5, 5.41) is 5.12. The molecule has 4 N–H and O–H groups in total. The van der Waals surface area contributed by atoms with E-state index in [1.807, 2.05) is 0 Å². The highest BCUT2D eigenvalue weighted by Crippen LogP contribution is 2.31. The van der Waals surface area contributed by atoms with Gasteiger partial charge in [0.2, 0.25) is 11.8 Å². The van der Waals surface area contributed by atoms with Gasteiger partial charge in [0.1, 0.15) is 0 Å². The van der Waals surface area contributed by atoms with Crippen LogP contribution in [0.1, 0.15) is 27.9 Å². The number of nitrogens with one attached hydrogen (secondary N) is 2. The fraction of sp³-hybridized carbons (Fsp3) is 0.429. The average Bonchev–Trinajstić information content (AvgIpc) is 3.23. The molecule has 3 rings (SSSR count). The van der Waals surface area contributed by atoms with Crippen LogP contribution in [0.4, 0.5) is 18.9 Å². The molecule has 2 amide bonds. The molecular formula is C21H25F3N6O4. The van der Waals surface area contributed by atoms with Crippen LogP contribution in [-0.2, 0) is 17.5 Å². The topological polar surface area (TPSA) is 132 Å². The lowest BCUT2D eigenvalue weighted by Gasteiger charge is -2.18. The molecular weight excluding hydrogens is 457 g/mol. The summed E-state index contributed by atoms with van der Waals surface area (Å²) in [6.07, 6.45) is -2.32. The van der Waals surface area contributed by atoms with Crippen LogP contribution >= 0.6 is 0 Å². The van der Waals surface area contributed by atoms with Crippen molar-refractivity contribution in [2.75, 3.05) is 39.6 Å². The molecule has 0 bridgehead atoms. The smallest absolute Gasteiger partial charge is 0.416 e. The number of methoxy groups -OCH3 is 2. The minimum atomic E-state index is -4.61. The Kier molecular flexibility index (Phi) is 7.76. The number of ether oxygens (including phenoxy) is 2. The van der Waals surface area contributed by atoms with Crippen molar-refractivity contribution in [1.29, 1.82) is 0 Å². The van der Waals surface area contributed by atoms with Crippen LogP contribution in [-0.4, -0.2) is 66.6 Å². The van der Waals surface area contributed by atoms with E-state index in [1.54, 1.807) is 6.20 Å². The predicted molar refractivity (Wildman–Crippen MR) is 115 cm³/mol. The Morgan fingerprint density at radius 3 is 2.71 bits per heavy atom. The van der Waals surface area contributed by atoms with Gasteiger partial charge in [0.25, 0.3) is 5.91 Å². The van der Waals surface area contributed by atoms with Crippen molar-refractivity contribution < 1.29 is 32.2 Å². The predicted octanol–water partition coefficient (Wildman–Crippen LogP) is 1.22. The number of amides is 2. The number of nitrogens with two attached hydrogens (primary N) is 1. The summed E-state index contributed by atoms with van der Waals surface area (Å²) in [5.41, 5.74) is 4.94. The number of hydrogen-bond donors (Lipinski definition) is 3. The molecule has 10 nitrogen and oxygen atoms in total. The van der Waals surface area contributed by atoms with E-state index in [0.29, 0.717) is 38.0 Å². The minimum Gasteiger partial charge on any atom is -0.481 e. The van der Waals surface area contributed by atoms with Gasteiger partial charge in [-0.25, -0.2) is 4.98 Å². The Labute approximate surface area is 193 Å². The average molecular weight is 482 g/mol. The van der Waals surface area contributed by atoms with Crippen LogP contribution in [0.15, 0.2) is 24.4 Å². The van der Waals surface area contributed by atoms with Gasteiger partial charge in [0.15, 0.2) is 0 Å². The van der Waals surface area contributed by atoms with Gasteiger partial charge in [0, 0.05) is 43.1 Å². The molecule has 1 saturated heterocycles. The monoisotopic (exact) mass is 482 g/mol. The highest BCUT2D eigenvalue weighted by molar-refractivity contribution is 6.00. The molecule has 0 radical (unpaired) electrons.